The maximum atomic E-state index is 11.4. The summed E-state index contributed by atoms with van der Waals surface area (Å²) in [5, 5.41) is 9.38. The van der Waals surface area contributed by atoms with E-state index in [2.05, 4.69) is 40.4 Å². The average Bonchev–Trinajstić information content (AvgIpc) is 2.87. The monoisotopic (exact) mass is 301 g/mol. The van der Waals surface area contributed by atoms with Crippen LogP contribution in [0.1, 0.15) is 38.1 Å². The lowest BCUT2D eigenvalue weighted by Gasteiger charge is -2.41. The van der Waals surface area contributed by atoms with Gasteiger partial charge in [0.15, 0.2) is 0 Å². The van der Waals surface area contributed by atoms with Crippen LogP contribution in [-0.2, 0) is 11.3 Å². The predicted octanol–water partition coefficient (Wildman–Crippen LogP) is 2.72. The molecule has 2 aromatic rings. The van der Waals surface area contributed by atoms with Gasteiger partial charge in [-0.05, 0) is 45.7 Å². The lowest BCUT2D eigenvalue weighted by atomic mass is 9.86. The molecule has 1 aliphatic heterocycles. The highest BCUT2D eigenvalue weighted by atomic mass is 16.4. The summed E-state index contributed by atoms with van der Waals surface area (Å²) in [7, 11) is 0. The fraction of sp³-hybridized carbons (Fsp3) is 0.529. The number of imidazole rings is 1. The van der Waals surface area contributed by atoms with Crippen LogP contribution < -0.4 is 0 Å². The van der Waals surface area contributed by atoms with Crippen molar-refractivity contribution in [2.75, 3.05) is 0 Å². The van der Waals surface area contributed by atoms with Gasteiger partial charge >= 0.3 is 5.97 Å². The van der Waals surface area contributed by atoms with E-state index in [0.29, 0.717) is 12.6 Å². The van der Waals surface area contributed by atoms with E-state index in [1.165, 1.54) is 0 Å². The molecule has 0 bridgehead atoms. The average molecular weight is 301 g/mol. The SMILES string of the molecule is Cc1cccc2nc(CN3[C@H](C)CC[C@H](C(=O)O)[C@@H]3C)cn12. The highest BCUT2D eigenvalue weighted by Crippen LogP contribution is 2.29. The van der Waals surface area contributed by atoms with Gasteiger partial charge in [0.2, 0.25) is 0 Å². The first-order chi connectivity index (χ1) is 10.5. The number of likely N-dealkylation sites (tertiary alicyclic amines) is 1. The van der Waals surface area contributed by atoms with Crippen molar-refractivity contribution < 1.29 is 9.90 Å². The van der Waals surface area contributed by atoms with Gasteiger partial charge in [-0.3, -0.25) is 9.69 Å². The molecule has 0 amide bonds. The molecule has 5 heteroatoms. The van der Waals surface area contributed by atoms with Crippen LogP contribution in [0.2, 0.25) is 0 Å². The smallest absolute Gasteiger partial charge is 0.308 e. The maximum absolute atomic E-state index is 11.4. The molecule has 1 saturated heterocycles. The zero-order valence-corrected chi connectivity index (χ0v) is 13.4. The Morgan fingerprint density at radius 3 is 2.82 bits per heavy atom. The number of carboxylic acid groups (broad SMARTS) is 1. The zero-order chi connectivity index (χ0) is 15.9. The number of piperidine rings is 1. The Hall–Kier alpha value is -1.88. The molecule has 0 spiro atoms. The molecule has 3 atom stereocenters. The minimum atomic E-state index is -0.685. The molecule has 1 fully saturated rings. The highest BCUT2D eigenvalue weighted by Gasteiger charge is 2.36. The molecule has 5 nitrogen and oxygen atoms in total. The molecular formula is C17H23N3O2. The molecule has 1 aliphatic rings. The van der Waals surface area contributed by atoms with Crippen molar-refractivity contribution in [3.63, 3.8) is 0 Å². The second-order valence-electron chi connectivity index (χ2n) is 6.41. The third-order valence-electron chi connectivity index (χ3n) is 4.97. The molecule has 3 rings (SSSR count). The summed E-state index contributed by atoms with van der Waals surface area (Å²) in [5.41, 5.74) is 3.10. The van der Waals surface area contributed by atoms with Crippen molar-refractivity contribution in [3.8, 4) is 0 Å². The molecular weight excluding hydrogens is 278 g/mol. The Bertz CT molecular complexity index is 694. The van der Waals surface area contributed by atoms with E-state index >= 15 is 0 Å². The normalized spacial score (nSPS) is 26.4. The summed E-state index contributed by atoms with van der Waals surface area (Å²) in [4.78, 5) is 18.4. The number of nitrogens with zero attached hydrogens (tertiary/aromatic N) is 3. The van der Waals surface area contributed by atoms with E-state index in [1.807, 2.05) is 19.1 Å². The van der Waals surface area contributed by atoms with Crippen LogP contribution in [0.4, 0.5) is 0 Å². The first-order valence-electron chi connectivity index (χ1n) is 7.89. The third kappa shape index (κ3) is 2.61. The number of fused-ring (bicyclic) bond motifs is 1. The molecule has 0 radical (unpaired) electrons. The van der Waals surface area contributed by atoms with E-state index in [4.69, 9.17) is 0 Å². The van der Waals surface area contributed by atoms with Gasteiger partial charge in [-0.1, -0.05) is 6.07 Å². The van der Waals surface area contributed by atoms with Gasteiger partial charge in [0.1, 0.15) is 5.65 Å². The topological polar surface area (TPSA) is 57.8 Å². The van der Waals surface area contributed by atoms with Gasteiger partial charge in [0.25, 0.3) is 0 Å². The van der Waals surface area contributed by atoms with Crippen molar-refractivity contribution in [2.45, 2.75) is 52.2 Å². The molecule has 22 heavy (non-hydrogen) atoms. The number of aryl methyl sites for hydroxylation is 1. The number of carbonyl (C=O) groups is 1. The van der Waals surface area contributed by atoms with Gasteiger partial charge in [-0.25, -0.2) is 4.98 Å². The predicted molar refractivity (Wildman–Crippen MR) is 84.8 cm³/mol. The number of hydrogen-bond acceptors (Lipinski definition) is 3. The fourth-order valence-corrected chi connectivity index (χ4v) is 3.55. The van der Waals surface area contributed by atoms with E-state index in [1.54, 1.807) is 0 Å². The minimum absolute atomic E-state index is 0.0344. The Morgan fingerprint density at radius 2 is 2.14 bits per heavy atom. The molecule has 0 aliphatic carbocycles. The van der Waals surface area contributed by atoms with Crippen LogP contribution in [0.3, 0.4) is 0 Å². The Balaban J connectivity index is 1.85. The zero-order valence-electron chi connectivity index (χ0n) is 13.4. The van der Waals surface area contributed by atoms with Crippen molar-refractivity contribution in [3.05, 3.63) is 35.8 Å². The van der Waals surface area contributed by atoms with E-state index in [9.17, 15) is 9.90 Å². The van der Waals surface area contributed by atoms with Crippen LogP contribution in [0.5, 0.6) is 0 Å². The summed E-state index contributed by atoms with van der Waals surface area (Å²) < 4.78 is 2.09. The summed E-state index contributed by atoms with van der Waals surface area (Å²) in [6.07, 6.45) is 3.75. The van der Waals surface area contributed by atoms with Gasteiger partial charge in [0.05, 0.1) is 11.6 Å². The fourth-order valence-electron chi connectivity index (χ4n) is 3.55. The Morgan fingerprint density at radius 1 is 1.36 bits per heavy atom. The van der Waals surface area contributed by atoms with E-state index < -0.39 is 5.97 Å². The van der Waals surface area contributed by atoms with Gasteiger partial charge in [-0.2, -0.15) is 0 Å². The molecule has 0 aromatic carbocycles. The number of aliphatic carboxylic acids is 1. The van der Waals surface area contributed by atoms with Gasteiger partial charge in [-0.15, -0.1) is 0 Å². The van der Waals surface area contributed by atoms with Gasteiger partial charge in [0, 0.05) is 30.5 Å². The van der Waals surface area contributed by atoms with Crippen LogP contribution in [0.15, 0.2) is 24.4 Å². The van der Waals surface area contributed by atoms with Crippen molar-refractivity contribution >= 4 is 11.6 Å². The molecule has 0 saturated carbocycles. The van der Waals surface area contributed by atoms with Crippen molar-refractivity contribution in [2.24, 2.45) is 5.92 Å². The van der Waals surface area contributed by atoms with Crippen molar-refractivity contribution in [1.29, 1.82) is 0 Å². The van der Waals surface area contributed by atoms with Crippen LogP contribution in [-0.4, -0.2) is 37.4 Å². The second-order valence-corrected chi connectivity index (χ2v) is 6.41. The lowest BCUT2D eigenvalue weighted by molar-refractivity contribution is -0.146. The summed E-state index contributed by atoms with van der Waals surface area (Å²) in [6, 6.07) is 6.49. The second kappa shape index (κ2) is 5.72. The molecule has 1 N–H and O–H groups in total. The van der Waals surface area contributed by atoms with E-state index in [0.717, 1.165) is 29.9 Å². The molecule has 118 valence electrons. The lowest BCUT2D eigenvalue weighted by Crippen LogP contribution is -2.50. The first kappa shape index (κ1) is 15.0. The molecule has 2 aromatic heterocycles. The first-order valence-corrected chi connectivity index (χ1v) is 7.89. The highest BCUT2D eigenvalue weighted by molar-refractivity contribution is 5.71. The quantitative estimate of drug-likeness (QED) is 0.947. The Kier molecular flexibility index (Phi) is 3.91. The largest absolute Gasteiger partial charge is 0.481 e. The summed E-state index contributed by atoms with van der Waals surface area (Å²) in [6.45, 7) is 6.96. The van der Waals surface area contributed by atoms with Gasteiger partial charge < -0.3 is 9.51 Å². The number of aromatic nitrogens is 2. The third-order valence-corrected chi connectivity index (χ3v) is 4.97. The summed E-state index contributed by atoms with van der Waals surface area (Å²) in [5.74, 6) is -0.967. The van der Waals surface area contributed by atoms with Crippen LogP contribution in [0.25, 0.3) is 5.65 Å². The number of rotatable bonds is 3. The molecule has 0 unspecified atom stereocenters. The number of pyridine rings is 1. The number of hydrogen-bond donors (Lipinski definition) is 1. The number of carboxylic acids is 1. The Labute approximate surface area is 130 Å². The standard InChI is InChI=1S/C17H23N3O2/c1-11-5-4-6-16-18-14(10-20(11)16)9-19-12(2)7-8-15(13(19)3)17(21)22/h4-6,10,12-13,15H,7-9H2,1-3H3,(H,21,22)/t12-,13+,15+/m1/s1. The van der Waals surface area contributed by atoms with Crippen LogP contribution >= 0.6 is 0 Å². The minimum Gasteiger partial charge on any atom is -0.481 e. The van der Waals surface area contributed by atoms with Crippen LogP contribution in [0, 0.1) is 12.8 Å². The van der Waals surface area contributed by atoms with Crippen molar-refractivity contribution in [1.82, 2.24) is 14.3 Å². The maximum Gasteiger partial charge on any atom is 0.308 e. The summed E-state index contributed by atoms with van der Waals surface area (Å²) >= 11 is 0. The van der Waals surface area contributed by atoms with E-state index in [-0.39, 0.29) is 12.0 Å². The molecule has 3 heterocycles.